The number of hydrogen-bond donors (Lipinski definition) is 1. The average molecular weight is 437 g/mol. The van der Waals surface area contributed by atoms with Crippen molar-refractivity contribution in [3.63, 3.8) is 0 Å². The maximum atomic E-state index is 6.05. The Kier molecular flexibility index (Phi) is 7.25. The maximum absolute atomic E-state index is 6.05. The van der Waals surface area contributed by atoms with Crippen molar-refractivity contribution >= 4 is 30.6 Å². The van der Waals surface area contributed by atoms with E-state index in [1.165, 1.54) is 29.5 Å². The number of benzene rings is 1. The largest absolute Gasteiger partial charge is 0.355 e. The number of hydrogen-bond acceptors (Lipinski definition) is 4. The van der Waals surface area contributed by atoms with Gasteiger partial charge >= 0.3 is 0 Å². The lowest BCUT2D eigenvalue weighted by molar-refractivity contribution is 0.332. The van der Waals surface area contributed by atoms with Gasteiger partial charge in [0.2, 0.25) is 0 Å². The molecule has 2 N–H and O–H groups in total. The molecule has 1 saturated heterocycles. The normalized spacial score (nSPS) is 20.2. The molecule has 4 rings (SSSR count). The molecule has 1 aromatic heterocycles. The average Bonchev–Trinajstić information content (AvgIpc) is 2.66. The smallest absolute Gasteiger partial charge is 0.147 e. The zero-order valence-corrected chi connectivity index (χ0v) is 19.6. The number of halogens is 2. The second kappa shape index (κ2) is 8.79. The molecule has 1 aliphatic heterocycles. The van der Waals surface area contributed by atoms with Crippen LogP contribution in [0.15, 0.2) is 30.6 Å². The van der Waals surface area contributed by atoms with Gasteiger partial charge in [-0.15, -0.1) is 24.8 Å². The summed E-state index contributed by atoms with van der Waals surface area (Å²) in [6.45, 7) is 11.4. The van der Waals surface area contributed by atoms with Gasteiger partial charge in [0, 0.05) is 24.7 Å². The molecule has 6 heteroatoms. The molecule has 160 valence electrons. The lowest BCUT2D eigenvalue weighted by Gasteiger charge is -2.42. The number of anilines is 1. The molecule has 0 bridgehead atoms. The van der Waals surface area contributed by atoms with Crippen LogP contribution in [0.3, 0.4) is 0 Å². The van der Waals surface area contributed by atoms with E-state index >= 15 is 0 Å². The highest BCUT2D eigenvalue weighted by Crippen LogP contribution is 2.46. The van der Waals surface area contributed by atoms with Crippen molar-refractivity contribution in [3.05, 3.63) is 41.7 Å². The molecular weight excluding hydrogens is 403 g/mol. The molecule has 0 spiro atoms. The molecule has 1 fully saturated rings. The third kappa shape index (κ3) is 4.70. The minimum atomic E-state index is 0. The van der Waals surface area contributed by atoms with E-state index in [-0.39, 0.29) is 35.6 Å². The molecule has 2 heterocycles. The standard InChI is InChI=1S/C23H32N4.2ClH/c1-22(2)9-10-23(3,4)19-13-16(5-6-18(19)22)20-14-25-15-21(26-20)27-11-7-17(24)8-12-27;;/h5-6,13-15,17H,7-12,24H2,1-4H3;2*1H. The summed E-state index contributed by atoms with van der Waals surface area (Å²) in [6.07, 6.45) is 8.27. The Hall–Kier alpha value is -1.36. The summed E-state index contributed by atoms with van der Waals surface area (Å²) in [6, 6.07) is 7.22. The molecule has 2 aromatic rings. The summed E-state index contributed by atoms with van der Waals surface area (Å²) in [5.74, 6) is 0.969. The van der Waals surface area contributed by atoms with E-state index in [9.17, 15) is 0 Å². The summed E-state index contributed by atoms with van der Waals surface area (Å²) < 4.78 is 0. The van der Waals surface area contributed by atoms with Crippen molar-refractivity contribution in [3.8, 4) is 11.3 Å². The fraction of sp³-hybridized carbons (Fsp3) is 0.565. The fourth-order valence-corrected chi connectivity index (χ4v) is 4.52. The first kappa shape index (κ1) is 23.9. The Bertz CT molecular complexity index is 843. The third-order valence-electron chi connectivity index (χ3n) is 6.63. The molecule has 2 aliphatic rings. The van der Waals surface area contributed by atoms with Crippen LogP contribution in [0.5, 0.6) is 0 Å². The summed E-state index contributed by atoms with van der Waals surface area (Å²) in [7, 11) is 0. The molecule has 0 radical (unpaired) electrons. The van der Waals surface area contributed by atoms with E-state index < -0.39 is 0 Å². The maximum Gasteiger partial charge on any atom is 0.147 e. The van der Waals surface area contributed by atoms with E-state index in [1.807, 2.05) is 12.4 Å². The number of nitrogens with zero attached hydrogens (tertiary/aromatic N) is 3. The Balaban J connectivity index is 0.00000150. The van der Waals surface area contributed by atoms with Gasteiger partial charge in [0.05, 0.1) is 18.1 Å². The monoisotopic (exact) mass is 436 g/mol. The van der Waals surface area contributed by atoms with Crippen molar-refractivity contribution in [2.45, 2.75) is 70.3 Å². The van der Waals surface area contributed by atoms with Gasteiger partial charge in [0.1, 0.15) is 5.82 Å². The molecule has 0 amide bonds. The van der Waals surface area contributed by atoms with Gasteiger partial charge in [-0.1, -0.05) is 39.8 Å². The Morgan fingerprint density at radius 1 is 0.931 bits per heavy atom. The van der Waals surface area contributed by atoms with Crippen molar-refractivity contribution < 1.29 is 0 Å². The number of piperidine rings is 1. The number of aromatic nitrogens is 2. The van der Waals surface area contributed by atoms with Crippen LogP contribution in [0.4, 0.5) is 5.82 Å². The topological polar surface area (TPSA) is 55.0 Å². The van der Waals surface area contributed by atoms with Gasteiger partial charge in [-0.2, -0.15) is 0 Å². The molecule has 1 aliphatic carbocycles. The zero-order chi connectivity index (χ0) is 19.2. The second-order valence-corrected chi connectivity index (χ2v) is 9.62. The second-order valence-electron chi connectivity index (χ2n) is 9.62. The first-order chi connectivity index (χ1) is 12.8. The van der Waals surface area contributed by atoms with Crippen molar-refractivity contribution in [1.82, 2.24) is 9.97 Å². The molecular formula is C23H34Cl2N4. The van der Waals surface area contributed by atoms with Gasteiger partial charge in [-0.3, -0.25) is 4.98 Å². The van der Waals surface area contributed by atoms with Crippen LogP contribution in [0.25, 0.3) is 11.3 Å². The number of rotatable bonds is 2. The predicted octanol–water partition coefficient (Wildman–Crippen LogP) is 5.26. The molecule has 0 unspecified atom stereocenters. The SMILES string of the molecule is CC1(C)CCC(C)(C)c2cc(-c3cncc(N4CCC(N)CC4)n3)ccc21.Cl.Cl. The molecule has 4 nitrogen and oxygen atoms in total. The summed E-state index contributed by atoms with van der Waals surface area (Å²) in [4.78, 5) is 11.8. The first-order valence-corrected chi connectivity index (χ1v) is 10.2. The van der Waals surface area contributed by atoms with Crippen LogP contribution in [-0.2, 0) is 10.8 Å². The lowest BCUT2D eigenvalue weighted by atomic mass is 9.63. The van der Waals surface area contributed by atoms with E-state index in [1.54, 1.807) is 0 Å². The van der Waals surface area contributed by atoms with Crippen molar-refractivity contribution in [2.75, 3.05) is 18.0 Å². The van der Waals surface area contributed by atoms with Crippen molar-refractivity contribution in [2.24, 2.45) is 5.73 Å². The van der Waals surface area contributed by atoms with Crippen LogP contribution in [0.2, 0.25) is 0 Å². The summed E-state index contributed by atoms with van der Waals surface area (Å²) >= 11 is 0. The van der Waals surface area contributed by atoms with Gasteiger partial charge in [0.15, 0.2) is 0 Å². The van der Waals surface area contributed by atoms with E-state index in [4.69, 9.17) is 10.7 Å². The van der Waals surface area contributed by atoms with Gasteiger partial charge in [0.25, 0.3) is 0 Å². The van der Waals surface area contributed by atoms with E-state index in [0.717, 1.165) is 37.4 Å². The van der Waals surface area contributed by atoms with Crippen LogP contribution in [0, 0.1) is 0 Å². The van der Waals surface area contributed by atoms with E-state index in [0.29, 0.717) is 6.04 Å². The first-order valence-electron chi connectivity index (χ1n) is 10.2. The van der Waals surface area contributed by atoms with Crippen LogP contribution in [0.1, 0.15) is 64.5 Å². The number of nitrogens with two attached hydrogens (primary N) is 1. The lowest BCUT2D eigenvalue weighted by Crippen LogP contribution is -2.40. The molecule has 0 saturated carbocycles. The fourth-order valence-electron chi connectivity index (χ4n) is 4.52. The van der Waals surface area contributed by atoms with E-state index in [2.05, 4.69) is 55.8 Å². The summed E-state index contributed by atoms with van der Waals surface area (Å²) in [5.41, 5.74) is 11.6. The van der Waals surface area contributed by atoms with Gasteiger partial charge < -0.3 is 10.6 Å². The molecule has 1 aromatic carbocycles. The highest BCUT2D eigenvalue weighted by Gasteiger charge is 2.37. The minimum Gasteiger partial charge on any atom is -0.355 e. The quantitative estimate of drug-likeness (QED) is 0.696. The highest BCUT2D eigenvalue weighted by molar-refractivity contribution is 5.85. The highest BCUT2D eigenvalue weighted by atomic mass is 35.5. The van der Waals surface area contributed by atoms with Gasteiger partial charge in [-0.25, -0.2) is 4.98 Å². The van der Waals surface area contributed by atoms with Crippen LogP contribution in [-0.4, -0.2) is 29.1 Å². The minimum absolute atomic E-state index is 0. The third-order valence-corrected chi connectivity index (χ3v) is 6.63. The Morgan fingerprint density at radius 2 is 1.55 bits per heavy atom. The Labute approximate surface area is 187 Å². The predicted molar refractivity (Wildman–Crippen MR) is 127 cm³/mol. The molecule has 29 heavy (non-hydrogen) atoms. The Morgan fingerprint density at radius 3 is 2.21 bits per heavy atom. The van der Waals surface area contributed by atoms with Crippen LogP contribution >= 0.6 is 24.8 Å². The summed E-state index contributed by atoms with van der Waals surface area (Å²) in [5, 5.41) is 0. The van der Waals surface area contributed by atoms with Gasteiger partial charge in [-0.05, 0) is 53.7 Å². The number of fused-ring (bicyclic) bond motifs is 1. The zero-order valence-electron chi connectivity index (χ0n) is 17.9. The molecule has 0 atom stereocenters. The van der Waals surface area contributed by atoms with Crippen molar-refractivity contribution in [1.29, 1.82) is 0 Å². The van der Waals surface area contributed by atoms with Crippen LogP contribution < -0.4 is 10.6 Å².